The van der Waals surface area contributed by atoms with Crippen LogP contribution >= 0.6 is 15.9 Å². The molecule has 2 aromatic rings. The normalized spacial score (nSPS) is 10.7. The third-order valence-corrected chi connectivity index (χ3v) is 3.99. The highest BCUT2D eigenvalue weighted by Crippen LogP contribution is 2.26. The third kappa shape index (κ3) is 5.43. The van der Waals surface area contributed by atoms with Crippen LogP contribution in [0.25, 0.3) is 6.08 Å². The number of carbonyl (C=O) groups is 2. The van der Waals surface area contributed by atoms with E-state index in [2.05, 4.69) is 26.0 Å². The molecule has 2 rings (SSSR count). The number of esters is 1. The first-order chi connectivity index (χ1) is 13.0. The Bertz CT molecular complexity index is 915. The van der Waals surface area contributed by atoms with Gasteiger partial charge in [-0.2, -0.15) is 5.26 Å². The van der Waals surface area contributed by atoms with E-state index in [1.165, 1.54) is 25.3 Å². The molecule has 6 nitrogen and oxygen atoms in total. The number of nitrogens with one attached hydrogen (secondary N) is 1. The largest absolute Gasteiger partial charge is 0.493 e. The first-order valence-corrected chi connectivity index (χ1v) is 8.81. The van der Waals surface area contributed by atoms with Crippen molar-refractivity contribution in [2.24, 2.45) is 0 Å². The molecule has 0 aromatic heterocycles. The zero-order chi connectivity index (χ0) is 19.8. The summed E-state index contributed by atoms with van der Waals surface area (Å²) in [6, 6.07) is 13.4. The van der Waals surface area contributed by atoms with E-state index in [0.29, 0.717) is 29.2 Å². The summed E-state index contributed by atoms with van der Waals surface area (Å²) in [7, 11) is 1.29. The molecule has 0 aliphatic carbocycles. The number of benzene rings is 2. The van der Waals surface area contributed by atoms with Crippen LogP contribution in [-0.2, 0) is 9.53 Å². The van der Waals surface area contributed by atoms with Gasteiger partial charge in [0.2, 0.25) is 0 Å². The van der Waals surface area contributed by atoms with Gasteiger partial charge in [-0.05, 0) is 55.5 Å². The minimum absolute atomic E-state index is 0.0777. The fourth-order valence-corrected chi connectivity index (χ4v) is 2.61. The number of rotatable bonds is 6. The number of ether oxygens (including phenoxy) is 2. The Morgan fingerprint density at radius 1 is 1.22 bits per heavy atom. The molecule has 2 aromatic carbocycles. The van der Waals surface area contributed by atoms with Crippen molar-refractivity contribution in [1.82, 2.24) is 0 Å². The second-order valence-corrected chi connectivity index (χ2v) is 6.22. The minimum Gasteiger partial charge on any atom is -0.493 e. The molecule has 0 saturated carbocycles. The van der Waals surface area contributed by atoms with Gasteiger partial charge in [-0.3, -0.25) is 4.79 Å². The van der Waals surface area contributed by atoms with Crippen molar-refractivity contribution in [3.63, 3.8) is 0 Å². The molecule has 0 aliphatic heterocycles. The molecule has 0 radical (unpaired) electrons. The van der Waals surface area contributed by atoms with Crippen molar-refractivity contribution in [2.75, 3.05) is 19.0 Å². The first-order valence-electron chi connectivity index (χ1n) is 8.02. The van der Waals surface area contributed by atoms with E-state index < -0.39 is 11.9 Å². The number of amides is 1. The maximum atomic E-state index is 12.4. The molecule has 1 amide bonds. The lowest BCUT2D eigenvalue weighted by Crippen LogP contribution is -2.13. The summed E-state index contributed by atoms with van der Waals surface area (Å²) in [6.45, 7) is 2.31. The van der Waals surface area contributed by atoms with Crippen LogP contribution in [0.15, 0.2) is 52.5 Å². The number of nitrogens with zero attached hydrogens (tertiary/aromatic N) is 1. The zero-order valence-electron chi connectivity index (χ0n) is 14.8. The number of carbonyl (C=O) groups excluding carboxylic acids is 2. The number of halogens is 1. The van der Waals surface area contributed by atoms with E-state index in [1.54, 1.807) is 24.3 Å². The van der Waals surface area contributed by atoms with Crippen LogP contribution in [0, 0.1) is 11.3 Å². The SMILES string of the molecule is CCOc1ccc(Br)cc1/C=C(\C#N)C(=O)Nc1ccc(C(=O)OC)cc1. The second kappa shape index (κ2) is 9.55. The van der Waals surface area contributed by atoms with E-state index in [-0.39, 0.29) is 5.57 Å². The average molecular weight is 429 g/mol. The van der Waals surface area contributed by atoms with E-state index >= 15 is 0 Å². The first kappa shape index (κ1) is 20.2. The fourth-order valence-electron chi connectivity index (χ4n) is 2.23. The van der Waals surface area contributed by atoms with Gasteiger partial charge in [0.1, 0.15) is 17.4 Å². The molecule has 1 N–H and O–H groups in total. The molecule has 0 saturated heterocycles. The van der Waals surface area contributed by atoms with Crippen LogP contribution in [0.3, 0.4) is 0 Å². The molecule has 0 aliphatic rings. The second-order valence-electron chi connectivity index (χ2n) is 5.31. The Kier molecular flexibility index (Phi) is 7.15. The number of methoxy groups -OCH3 is 1. The predicted octanol–water partition coefficient (Wildman–Crippen LogP) is 4.18. The summed E-state index contributed by atoms with van der Waals surface area (Å²) in [5.41, 5.74) is 1.35. The summed E-state index contributed by atoms with van der Waals surface area (Å²) in [6.07, 6.45) is 1.47. The van der Waals surface area contributed by atoms with Crippen LogP contribution in [0.1, 0.15) is 22.8 Å². The van der Waals surface area contributed by atoms with Gasteiger partial charge in [0.25, 0.3) is 5.91 Å². The lowest BCUT2D eigenvalue weighted by Gasteiger charge is -2.09. The van der Waals surface area contributed by atoms with E-state index in [9.17, 15) is 14.9 Å². The van der Waals surface area contributed by atoms with Gasteiger partial charge < -0.3 is 14.8 Å². The smallest absolute Gasteiger partial charge is 0.337 e. The Labute approximate surface area is 165 Å². The maximum Gasteiger partial charge on any atom is 0.337 e. The van der Waals surface area contributed by atoms with Gasteiger partial charge in [-0.15, -0.1) is 0 Å². The Morgan fingerprint density at radius 2 is 1.93 bits per heavy atom. The zero-order valence-corrected chi connectivity index (χ0v) is 16.4. The predicted molar refractivity (Wildman–Crippen MR) is 105 cm³/mol. The quantitative estimate of drug-likeness (QED) is 0.423. The molecule has 0 unspecified atom stereocenters. The summed E-state index contributed by atoms with van der Waals surface area (Å²) in [5, 5.41) is 12.0. The topological polar surface area (TPSA) is 88.4 Å². The lowest BCUT2D eigenvalue weighted by molar-refractivity contribution is -0.112. The van der Waals surface area contributed by atoms with Crippen LogP contribution < -0.4 is 10.1 Å². The fraction of sp³-hybridized carbons (Fsp3) is 0.150. The molecule has 0 fully saturated rings. The molecular formula is C20H17BrN2O4. The van der Waals surface area contributed by atoms with Crippen LogP contribution in [-0.4, -0.2) is 25.6 Å². The van der Waals surface area contributed by atoms with Gasteiger partial charge in [-0.25, -0.2) is 4.79 Å². The van der Waals surface area contributed by atoms with Gasteiger partial charge in [0.15, 0.2) is 0 Å². The number of hydrogen-bond donors (Lipinski definition) is 1. The van der Waals surface area contributed by atoms with Gasteiger partial charge in [-0.1, -0.05) is 15.9 Å². The third-order valence-electron chi connectivity index (χ3n) is 3.50. The molecule has 7 heteroatoms. The van der Waals surface area contributed by atoms with Gasteiger partial charge in [0, 0.05) is 15.7 Å². The van der Waals surface area contributed by atoms with Gasteiger partial charge in [0.05, 0.1) is 19.3 Å². The number of hydrogen-bond acceptors (Lipinski definition) is 5. The summed E-state index contributed by atoms with van der Waals surface area (Å²) in [5.74, 6) is -0.460. The number of anilines is 1. The Hall–Kier alpha value is -3.11. The lowest BCUT2D eigenvalue weighted by atomic mass is 10.1. The molecule has 0 bridgehead atoms. The van der Waals surface area contributed by atoms with E-state index in [1.807, 2.05) is 19.1 Å². The van der Waals surface area contributed by atoms with Gasteiger partial charge >= 0.3 is 5.97 Å². The molecular weight excluding hydrogens is 412 g/mol. The Morgan fingerprint density at radius 3 is 2.52 bits per heavy atom. The van der Waals surface area contributed by atoms with Crippen molar-refractivity contribution in [1.29, 1.82) is 5.26 Å². The monoisotopic (exact) mass is 428 g/mol. The molecule has 0 heterocycles. The molecule has 27 heavy (non-hydrogen) atoms. The number of nitriles is 1. The Balaban J connectivity index is 2.23. The van der Waals surface area contributed by atoms with Crippen molar-refractivity contribution in [3.8, 4) is 11.8 Å². The average Bonchev–Trinajstić information content (AvgIpc) is 2.68. The highest BCUT2D eigenvalue weighted by atomic mass is 79.9. The molecule has 0 atom stereocenters. The van der Waals surface area contributed by atoms with Crippen molar-refractivity contribution >= 4 is 39.6 Å². The van der Waals surface area contributed by atoms with E-state index in [4.69, 9.17) is 4.74 Å². The molecule has 138 valence electrons. The van der Waals surface area contributed by atoms with Crippen LogP contribution in [0.2, 0.25) is 0 Å². The minimum atomic E-state index is -0.564. The van der Waals surface area contributed by atoms with Crippen molar-refractivity contribution in [2.45, 2.75) is 6.92 Å². The highest BCUT2D eigenvalue weighted by molar-refractivity contribution is 9.10. The van der Waals surface area contributed by atoms with Crippen molar-refractivity contribution < 1.29 is 19.1 Å². The summed E-state index contributed by atoms with van der Waals surface area (Å²) >= 11 is 3.37. The highest BCUT2D eigenvalue weighted by Gasteiger charge is 2.12. The summed E-state index contributed by atoms with van der Waals surface area (Å²) < 4.78 is 11.0. The maximum absolute atomic E-state index is 12.4. The van der Waals surface area contributed by atoms with Crippen LogP contribution in [0.5, 0.6) is 5.75 Å². The van der Waals surface area contributed by atoms with E-state index in [0.717, 1.165) is 4.47 Å². The molecule has 0 spiro atoms. The van der Waals surface area contributed by atoms with Crippen LogP contribution in [0.4, 0.5) is 5.69 Å². The van der Waals surface area contributed by atoms with Crippen molar-refractivity contribution in [3.05, 3.63) is 63.6 Å². The summed E-state index contributed by atoms with van der Waals surface area (Å²) in [4.78, 5) is 23.9. The standard InChI is InChI=1S/C20H17BrN2O4/c1-3-27-18-9-6-16(21)11-14(18)10-15(12-22)19(24)23-17-7-4-13(5-8-17)20(25)26-2/h4-11H,3H2,1-2H3,(H,23,24)/b15-10+.